The van der Waals surface area contributed by atoms with Gasteiger partial charge in [-0.1, -0.05) is 60.7 Å². The molecule has 3 aromatic rings. The van der Waals surface area contributed by atoms with E-state index in [0.717, 1.165) is 11.1 Å². The van der Waals surface area contributed by atoms with Gasteiger partial charge in [0, 0.05) is 11.1 Å². The summed E-state index contributed by atoms with van der Waals surface area (Å²) in [7, 11) is 0. The molecule has 7 nitrogen and oxygen atoms in total. The van der Waals surface area contributed by atoms with E-state index in [1.807, 2.05) is 60.7 Å². The lowest BCUT2D eigenvalue weighted by Gasteiger charge is -2.05. The van der Waals surface area contributed by atoms with E-state index in [4.69, 9.17) is 9.47 Å². The normalized spacial score (nSPS) is 12.1. The molecule has 0 radical (unpaired) electrons. The van der Waals surface area contributed by atoms with Crippen molar-refractivity contribution < 1.29 is 14.4 Å². The second-order valence-electron chi connectivity index (χ2n) is 5.95. The predicted octanol–water partition coefficient (Wildman–Crippen LogP) is 4.20. The Hall–Kier alpha value is -4.00. The lowest BCUT2D eigenvalue weighted by molar-refractivity contribution is -0.385. The third kappa shape index (κ3) is 3.59. The van der Waals surface area contributed by atoms with E-state index in [9.17, 15) is 10.1 Å². The lowest BCUT2D eigenvalue weighted by Crippen LogP contribution is -2.02. The largest absolute Gasteiger partial charge is 0.454 e. The molecule has 0 atom stereocenters. The first-order valence-electron chi connectivity index (χ1n) is 8.52. The first kappa shape index (κ1) is 17.4. The highest BCUT2D eigenvalue weighted by molar-refractivity contribution is 6.13. The molecule has 0 saturated heterocycles. The Morgan fingerprint density at radius 1 is 0.929 bits per heavy atom. The summed E-state index contributed by atoms with van der Waals surface area (Å²) in [6.45, 7) is 0.0391. The molecule has 1 aliphatic heterocycles. The van der Waals surface area contributed by atoms with Crippen LogP contribution in [0.2, 0.25) is 0 Å². The molecular formula is C21H15N3O4. The Labute approximate surface area is 160 Å². The number of benzene rings is 3. The van der Waals surface area contributed by atoms with E-state index >= 15 is 0 Å². The third-order valence-corrected chi connectivity index (χ3v) is 4.17. The number of rotatable bonds is 5. The van der Waals surface area contributed by atoms with Gasteiger partial charge in [-0.15, -0.1) is 5.10 Å². The van der Waals surface area contributed by atoms with Crippen molar-refractivity contribution in [2.24, 2.45) is 10.2 Å². The number of ether oxygens (including phenoxy) is 2. The van der Waals surface area contributed by atoms with Gasteiger partial charge in [0.25, 0.3) is 5.69 Å². The summed E-state index contributed by atoms with van der Waals surface area (Å²) < 4.78 is 10.5. The van der Waals surface area contributed by atoms with Crippen molar-refractivity contribution in [3.05, 3.63) is 99.6 Å². The Bertz CT molecular complexity index is 1020. The van der Waals surface area contributed by atoms with E-state index in [-0.39, 0.29) is 12.5 Å². The van der Waals surface area contributed by atoms with Crippen LogP contribution in [0.5, 0.6) is 11.5 Å². The van der Waals surface area contributed by atoms with Crippen molar-refractivity contribution in [1.82, 2.24) is 0 Å². The minimum atomic E-state index is -0.484. The molecule has 138 valence electrons. The first-order chi connectivity index (χ1) is 13.7. The van der Waals surface area contributed by atoms with Crippen LogP contribution in [-0.2, 0) is 0 Å². The molecule has 0 amide bonds. The maximum atomic E-state index is 11.4. The van der Waals surface area contributed by atoms with E-state index < -0.39 is 4.92 Å². The number of nitro benzene ring substituents is 1. The molecule has 0 unspecified atom stereocenters. The predicted molar refractivity (Wildman–Crippen MR) is 105 cm³/mol. The van der Waals surface area contributed by atoms with Gasteiger partial charge in [-0.05, 0) is 6.07 Å². The van der Waals surface area contributed by atoms with Crippen LogP contribution in [0.3, 0.4) is 0 Å². The smallest absolute Gasteiger partial charge is 0.282 e. The molecule has 3 aromatic carbocycles. The van der Waals surface area contributed by atoms with Crippen LogP contribution in [0.4, 0.5) is 5.69 Å². The zero-order valence-corrected chi connectivity index (χ0v) is 14.7. The molecule has 0 fully saturated rings. The highest BCUT2D eigenvalue weighted by Gasteiger charge is 2.22. The molecule has 0 bridgehead atoms. The Morgan fingerprint density at radius 2 is 1.50 bits per heavy atom. The van der Waals surface area contributed by atoms with Crippen molar-refractivity contribution in [1.29, 1.82) is 0 Å². The van der Waals surface area contributed by atoms with E-state index in [2.05, 4.69) is 10.2 Å². The number of hydrogen-bond acceptors (Lipinski definition) is 6. The second-order valence-corrected chi connectivity index (χ2v) is 5.95. The Morgan fingerprint density at radius 3 is 2.07 bits per heavy atom. The molecule has 0 aliphatic carbocycles. The molecule has 0 aromatic heterocycles. The van der Waals surface area contributed by atoms with Crippen LogP contribution < -0.4 is 9.47 Å². The van der Waals surface area contributed by atoms with Gasteiger partial charge in [0.15, 0.2) is 11.5 Å². The third-order valence-electron chi connectivity index (χ3n) is 4.17. The number of fused-ring (bicyclic) bond motifs is 1. The summed E-state index contributed by atoms with van der Waals surface area (Å²) in [5, 5.41) is 19.8. The van der Waals surface area contributed by atoms with Crippen LogP contribution >= 0.6 is 0 Å². The highest BCUT2D eigenvalue weighted by Crippen LogP contribution is 2.37. The molecule has 7 heteroatoms. The fraction of sp³-hybridized carbons (Fsp3) is 0.0476. The van der Waals surface area contributed by atoms with Gasteiger partial charge in [-0.3, -0.25) is 10.1 Å². The second kappa shape index (κ2) is 7.71. The minimum Gasteiger partial charge on any atom is -0.454 e. The summed E-state index contributed by atoms with van der Waals surface area (Å²) in [4.78, 5) is 10.9. The Kier molecular flexibility index (Phi) is 4.79. The van der Waals surface area contributed by atoms with E-state index in [1.54, 1.807) is 0 Å². The molecule has 0 spiro atoms. The molecule has 28 heavy (non-hydrogen) atoms. The van der Waals surface area contributed by atoms with Crippen molar-refractivity contribution in [3.63, 3.8) is 0 Å². The quantitative estimate of drug-likeness (QED) is 0.381. The highest BCUT2D eigenvalue weighted by atomic mass is 16.7. The SMILES string of the molecule is O=[N+]([O-])c1cc2c(cc1/C=N\N=C(c1ccccc1)c1ccccc1)OCO2. The van der Waals surface area contributed by atoms with Gasteiger partial charge in [-0.2, -0.15) is 5.10 Å². The number of nitrogens with zero attached hydrogens (tertiary/aromatic N) is 3. The summed E-state index contributed by atoms with van der Waals surface area (Å²) in [6, 6.07) is 22.1. The first-order valence-corrected chi connectivity index (χ1v) is 8.52. The fourth-order valence-corrected chi connectivity index (χ4v) is 2.83. The zero-order chi connectivity index (χ0) is 19.3. The van der Waals surface area contributed by atoms with E-state index in [0.29, 0.717) is 22.8 Å². The summed E-state index contributed by atoms with van der Waals surface area (Å²) in [6.07, 6.45) is 1.35. The van der Waals surface area contributed by atoms with Gasteiger partial charge in [0.2, 0.25) is 6.79 Å². The van der Waals surface area contributed by atoms with Crippen LogP contribution in [0.15, 0.2) is 83.0 Å². The van der Waals surface area contributed by atoms with Crippen molar-refractivity contribution in [2.45, 2.75) is 0 Å². The van der Waals surface area contributed by atoms with Gasteiger partial charge in [0.1, 0.15) is 5.71 Å². The Balaban J connectivity index is 1.73. The average molecular weight is 373 g/mol. The zero-order valence-electron chi connectivity index (χ0n) is 14.7. The minimum absolute atomic E-state index is 0.0391. The van der Waals surface area contributed by atoms with Crippen molar-refractivity contribution in [2.75, 3.05) is 6.79 Å². The molecule has 0 saturated carbocycles. The average Bonchev–Trinajstić information content (AvgIpc) is 3.19. The fourth-order valence-electron chi connectivity index (χ4n) is 2.83. The van der Waals surface area contributed by atoms with Crippen molar-refractivity contribution >= 4 is 17.6 Å². The van der Waals surface area contributed by atoms with Crippen LogP contribution in [0, 0.1) is 10.1 Å². The topological polar surface area (TPSA) is 86.3 Å². The van der Waals surface area contributed by atoms with Crippen LogP contribution in [0.25, 0.3) is 0 Å². The van der Waals surface area contributed by atoms with Crippen LogP contribution in [0.1, 0.15) is 16.7 Å². The molecular weight excluding hydrogens is 358 g/mol. The molecule has 0 N–H and O–H groups in total. The van der Waals surface area contributed by atoms with Crippen molar-refractivity contribution in [3.8, 4) is 11.5 Å². The lowest BCUT2D eigenvalue weighted by atomic mass is 10.0. The van der Waals surface area contributed by atoms with Crippen LogP contribution in [-0.4, -0.2) is 23.6 Å². The van der Waals surface area contributed by atoms with Gasteiger partial charge >= 0.3 is 0 Å². The molecule has 1 heterocycles. The van der Waals surface area contributed by atoms with Gasteiger partial charge in [0.05, 0.1) is 22.8 Å². The number of hydrogen-bond donors (Lipinski definition) is 0. The van der Waals surface area contributed by atoms with Gasteiger partial charge < -0.3 is 9.47 Å². The molecule has 1 aliphatic rings. The standard InChI is InChI=1S/C21H15N3O4/c25-24(26)18-12-20-19(27-14-28-20)11-17(18)13-22-23-21(15-7-3-1-4-8-15)16-9-5-2-6-10-16/h1-13H,14H2/b22-13-. The maximum Gasteiger partial charge on any atom is 0.282 e. The summed E-state index contributed by atoms with van der Waals surface area (Å²) >= 11 is 0. The summed E-state index contributed by atoms with van der Waals surface area (Å²) in [5.41, 5.74) is 2.63. The monoisotopic (exact) mass is 373 g/mol. The van der Waals surface area contributed by atoms with E-state index in [1.165, 1.54) is 18.3 Å². The number of nitro groups is 1. The molecule has 4 rings (SSSR count). The van der Waals surface area contributed by atoms with Gasteiger partial charge in [-0.25, -0.2) is 0 Å². The maximum absolute atomic E-state index is 11.4. The summed E-state index contributed by atoms with van der Waals surface area (Å²) in [5.74, 6) is 0.795.